The molecule has 0 aliphatic carbocycles. The molecule has 0 saturated heterocycles. The Labute approximate surface area is 90.8 Å². The average molecular weight is 230 g/mol. The van der Waals surface area contributed by atoms with Crippen molar-refractivity contribution in [3.05, 3.63) is 28.9 Å². The van der Waals surface area contributed by atoms with E-state index < -0.39 is 5.82 Å². The molecular formula is C10H9ClFNO2. The van der Waals surface area contributed by atoms with Crippen LogP contribution in [0, 0.1) is 5.82 Å². The topological polar surface area (TPSA) is 35.3 Å². The summed E-state index contributed by atoms with van der Waals surface area (Å²) in [5.74, 6) is 0.0317. The summed E-state index contributed by atoms with van der Waals surface area (Å²) in [5.41, 5.74) is 0.968. The normalized spacial score (nSPS) is 11.1. The van der Waals surface area contributed by atoms with E-state index in [-0.39, 0.29) is 5.02 Å². The van der Waals surface area contributed by atoms with Crippen molar-refractivity contribution in [1.82, 2.24) is 4.98 Å². The van der Waals surface area contributed by atoms with Crippen LogP contribution in [0.2, 0.25) is 5.02 Å². The van der Waals surface area contributed by atoms with Gasteiger partial charge in [-0.15, -0.1) is 0 Å². The minimum absolute atomic E-state index is 0.0388. The fourth-order valence-corrected chi connectivity index (χ4v) is 1.42. The van der Waals surface area contributed by atoms with E-state index in [1.165, 1.54) is 12.1 Å². The third kappa shape index (κ3) is 2.11. The summed E-state index contributed by atoms with van der Waals surface area (Å²) >= 11 is 5.61. The molecule has 1 aromatic carbocycles. The number of rotatable bonds is 3. The first-order valence-corrected chi connectivity index (χ1v) is 4.82. The quantitative estimate of drug-likeness (QED) is 0.812. The number of oxazole rings is 1. The molecular weight excluding hydrogens is 221 g/mol. The second kappa shape index (κ2) is 4.16. The molecule has 1 aromatic heterocycles. The second-order valence-electron chi connectivity index (χ2n) is 3.08. The summed E-state index contributed by atoms with van der Waals surface area (Å²) in [6, 6.07) is 2.69. The van der Waals surface area contributed by atoms with E-state index in [1.807, 2.05) is 0 Å². The van der Waals surface area contributed by atoms with Crippen molar-refractivity contribution in [2.45, 2.75) is 6.42 Å². The Kier molecular flexibility index (Phi) is 2.88. The minimum atomic E-state index is -0.490. The fraction of sp³-hybridized carbons (Fsp3) is 0.300. The molecule has 5 heteroatoms. The number of hydrogen-bond acceptors (Lipinski definition) is 3. The standard InChI is InChI=1S/C10H9ClFNO2/c1-14-3-2-10-13-8-5-7(12)6(11)4-9(8)15-10/h4-5H,2-3H2,1H3. The van der Waals surface area contributed by atoms with Gasteiger partial charge in [-0.05, 0) is 0 Å². The molecule has 0 atom stereocenters. The summed E-state index contributed by atoms with van der Waals surface area (Å²) < 4.78 is 23.3. The van der Waals surface area contributed by atoms with Crippen molar-refractivity contribution < 1.29 is 13.5 Å². The van der Waals surface area contributed by atoms with Gasteiger partial charge in [0, 0.05) is 25.7 Å². The van der Waals surface area contributed by atoms with Crippen LogP contribution >= 0.6 is 11.6 Å². The van der Waals surface area contributed by atoms with Gasteiger partial charge in [-0.1, -0.05) is 11.6 Å². The third-order valence-electron chi connectivity index (χ3n) is 1.99. The molecule has 0 spiro atoms. The molecule has 2 aromatic rings. The Bertz CT molecular complexity index is 444. The number of methoxy groups -OCH3 is 1. The molecule has 80 valence electrons. The smallest absolute Gasteiger partial charge is 0.197 e. The van der Waals surface area contributed by atoms with Crippen molar-refractivity contribution in [2.75, 3.05) is 13.7 Å². The largest absolute Gasteiger partial charge is 0.441 e. The van der Waals surface area contributed by atoms with Gasteiger partial charge in [0.2, 0.25) is 0 Å². The number of nitrogens with zero attached hydrogens (tertiary/aromatic N) is 1. The zero-order valence-electron chi connectivity index (χ0n) is 8.09. The van der Waals surface area contributed by atoms with Crippen LogP contribution in [0.25, 0.3) is 11.1 Å². The van der Waals surface area contributed by atoms with E-state index >= 15 is 0 Å². The maximum absolute atomic E-state index is 13.1. The molecule has 0 amide bonds. The highest BCUT2D eigenvalue weighted by molar-refractivity contribution is 6.31. The predicted octanol–water partition coefficient (Wildman–Crippen LogP) is 2.81. The number of aromatic nitrogens is 1. The zero-order chi connectivity index (χ0) is 10.8. The first kappa shape index (κ1) is 10.4. The van der Waals surface area contributed by atoms with Gasteiger partial charge >= 0.3 is 0 Å². The van der Waals surface area contributed by atoms with Gasteiger partial charge in [-0.3, -0.25) is 0 Å². The number of hydrogen-bond donors (Lipinski definition) is 0. The summed E-state index contributed by atoms with van der Waals surface area (Å²) in [6.07, 6.45) is 0.560. The number of ether oxygens (including phenoxy) is 1. The van der Waals surface area contributed by atoms with E-state index in [9.17, 15) is 4.39 Å². The van der Waals surface area contributed by atoms with Crippen LogP contribution in [0.4, 0.5) is 4.39 Å². The molecule has 0 radical (unpaired) electrons. The van der Waals surface area contributed by atoms with Gasteiger partial charge < -0.3 is 9.15 Å². The lowest BCUT2D eigenvalue weighted by molar-refractivity contribution is 0.196. The number of fused-ring (bicyclic) bond motifs is 1. The molecule has 0 saturated carbocycles. The first-order valence-electron chi connectivity index (χ1n) is 4.44. The number of benzene rings is 1. The highest BCUT2D eigenvalue weighted by Gasteiger charge is 2.09. The monoisotopic (exact) mass is 229 g/mol. The second-order valence-corrected chi connectivity index (χ2v) is 3.49. The van der Waals surface area contributed by atoms with Crippen molar-refractivity contribution in [2.24, 2.45) is 0 Å². The SMILES string of the molecule is COCCc1nc2cc(F)c(Cl)cc2o1. The molecule has 0 fully saturated rings. The van der Waals surface area contributed by atoms with Gasteiger partial charge in [-0.25, -0.2) is 9.37 Å². The van der Waals surface area contributed by atoms with Crippen LogP contribution in [0.1, 0.15) is 5.89 Å². The molecule has 0 bridgehead atoms. The predicted molar refractivity (Wildman–Crippen MR) is 54.6 cm³/mol. The van der Waals surface area contributed by atoms with Crippen molar-refractivity contribution in [3.63, 3.8) is 0 Å². The van der Waals surface area contributed by atoms with Crippen LogP contribution in [0.15, 0.2) is 16.5 Å². The molecule has 2 rings (SSSR count). The fourth-order valence-electron chi connectivity index (χ4n) is 1.27. The lowest BCUT2D eigenvalue weighted by atomic mass is 10.3. The van der Waals surface area contributed by atoms with Gasteiger partial charge in [0.1, 0.15) is 11.3 Å². The zero-order valence-corrected chi connectivity index (χ0v) is 8.84. The minimum Gasteiger partial charge on any atom is -0.441 e. The summed E-state index contributed by atoms with van der Waals surface area (Å²) in [6.45, 7) is 0.517. The Morgan fingerprint density at radius 3 is 3.07 bits per heavy atom. The summed E-state index contributed by atoms with van der Waals surface area (Å²) in [7, 11) is 1.60. The third-order valence-corrected chi connectivity index (χ3v) is 2.28. The van der Waals surface area contributed by atoms with E-state index in [0.717, 1.165) is 0 Å². The van der Waals surface area contributed by atoms with Crippen LogP contribution in [0.5, 0.6) is 0 Å². The maximum Gasteiger partial charge on any atom is 0.197 e. The van der Waals surface area contributed by atoms with Crippen LogP contribution in [-0.4, -0.2) is 18.7 Å². The first-order chi connectivity index (χ1) is 7.20. The Morgan fingerprint density at radius 1 is 1.53 bits per heavy atom. The molecule has 3 nitrogen and oxygen atoms in total. The molecule has 0 N–H and O–H groups in total. The van der Waals surface area contributed by atoms with Crippen LogP contribution in [0.3, 0.4) is 0 Å². The Morgan fingerprint density at radius 2 is 2.33 bits per heavy atom. The maximum atomic E-state index is 13.1. The molecule has 15 heavy (non-hydrogen) atoms. The van der Waals surface area contributed by atoms with E-state index in [4.69, 9.17) is 20.8 Å². The van der Waals surface area contributed by atoms with Crippen LogP contribution in [-0.2, 0) is 11.2 Å². The van der Waals surface area contributed by atoms with Gasteiger partial charge in [-0.2, -0.15) is 0 Å². The summed E-state index contributed by atoms with van der Waals surface area (Å²) in [5, 5.41) is 0.0388. The van der Waals surface area contributed by atoms with Crippen molar-refractivity contribution in [1.29, 1.82) is 0 Å². The van der Waals surface area contributed by atoms with E-state index in [1.54, 1.807) is 7.11 Å². The molecule has 0 unspecified atom stereocenters. The highest BCUT2D eigenvalue weighted by atomic mass is 35.5. The Balaban J connectivity index is 2.38. The lowest BCUT2D eigenvalue weighted by Crippen LogP contribution is -1.93. The van der Waals surface area contributed by atoms with Gasteiger partial charge in [0.25, 0.3) is 0 Å². The lowest BCUT2D eigenvalue weighted by Gasteiger charge is -1.91. The summed E-state index contributed by atoms with van der Waals surface area (Å²) in [4.78, 5) is 4.11. The number of halogens is 2. The van der Waals surface area contributed by atoms with Crippen molar-refractivity contribution in [3.8, 4) is 0 Å². The highest BCUT2D eigenvalue weighted by Crippen LogP contribution is 2.23. The molecule has 1 heterocycles. The van der Waals surface area contributed by atoms with Crippen molar-refractivity contribution >= 4 is 22.7 Å². The van der Waals surface area contributed by atoms with E-state index in [2.05, 4.69) is 4.98 Å². The molecule has 0 aliphatic heterocycles. The van der Waals surface area contributed by atoms with Gasteiger partial charge in [0.15, 0.2) is 11.5 Å². The van der Waals surface area contributed by atoms with Gasteiger partial charge in [0.05, 0.1) is 11.6 Å². The Hall–Kier alpha value is -1.13. The average Bonchev–Trinajstić information content (AvgIpc) is 2.58. The molecule has 0 aliphatic rings. The van der Waals surface area contributed by atoms with E-state index in [0.29, 0.717) is 30.0 Å². The van der Waals surface area contributed by atoms with Crippen LogP contribution < -0.4 is 0 Å².